The first kappa shape index (κ1) is 22.3. The molecule has 0 spiro atoms. The van der Waals surface area contributed by atoms with Crippen LogP contribution >= 0.6 is 0 Å². The van der Waals surface area contributed by atoms with E-state index in [1.165, 1.54) is 17.9 Å². The van der Waals surface area contributed by atoms with Crippen LogP contribution in [0.4, 0.5) is 19.0 Å². The van der Waals surface area contributed by atoms with Crippen LogP contribution in [0.15, 0.2) is 55.0 Å². The number of benzene rings is 1. The Morgan fingerprint density at radius 3 is 2.60 bits per heavy atom. The monoisotopic (exact) mass is 481 g/mol. The van der Waals surface area contributed by atoms with Crippen LogP contribution in [0.25, 0.3) is 22.4 Å². The summed E-state index contributed by atoms with van der Waals surface area (Å²) in [5, 5.41) is 12.0. The summed E-state index contributed by atoms with van der Waals surface area (Å²) in [6, 6.07) is 10.7. The first-order chi connectivity index (χ1) is 16.8. The van der Waals surface area contributed by atoms with Crippen molar-refractivity contribution in [3.8, 4) is 17.3 Å². The van der Waals surface area contributed by atoms with Crippen molar-refractivity contribution in [1.29, 1.82) is 0 Å². The lowest BCUT2D eigenvalue weighted by Crippen LogP contribution is -2.14. The predicted molar refractivity (Wildman–Crippen MR) is 119 cm³/mol. The number of nitrogen functional groups attached to an aromatic ring is 1. The van der Waals surface area contributed by atoms with E-state index in [4.69, 9.17) is 10.5 Å². The van der Waals surface area contributed by atoms with Gasteiger partial charge in [-0.3, -0.25) is 9.67 Å². The number of para-hydroxylation sites is 1. The van der Waals surface area contributed by atoms with E-state index in [9.17, 15) is 13.2 Å². The minimum atomic E-state index is -4.64. The number of hydrogen-bond donors (Lipinski definition) is 1. The van der Waals surface area contributed by atoms with Crippen LogP contribution in [-0.4, -0.2) is 39.7 Å². The van der Waals surface area contributed by atoms with Gasteiger partial charge in [0.1, 0.15) is 12.3 Å². The second-order valence-electron chi connectivity index (χ2n) is 7.62. The van der Waals surface area contributed by atoms with Gasteiger partial charge >= 0.3 is 6.18 Å². The van der Waals surface area contributed by atoms with Crippen molar-refractivity contribution in [3.05, 3.63) is 71.9 Å². The lowest BCUT2D eigenvalue weighted by Gasteiger charge is -2.09. The molecule has 0 fully saturated rings. The second-order valence-corrected chi connectivity index (χ2v) is 7.62. The molecule has 10 nitrogen and oxygen atoms in total. The first-order valence-electron chi connectivity index (χ1n) is 10.4. The van der Waals surface area contributed by atoms with Gasteiger partial charge in [-0.2, -0.15) is 18.3 Å². The summed E-state index contributed by atoms with van der Waals surface area (Å²) >= 11 is 0. The fourth-order valence-electron chi connectivity index (χ4n) is 3.58. The summed E-state index contributed by atoms with van der Waals surface area (Å²) in [7, 11) is 1.40. The van der Waals surface area contributed by atoms with Gasteiger partial charge in [-0.1, -0.05) is 23.4 Å². The number of hydrogen-bond acceptors (Lipinski definition) is 8. The van der Waals surface area contributed by atoms with Crippen molar-refractivity contribution in [1.82, 2.24) is 39.7 Å². The number of alkyl halides is 3. The number of pyridine rings is 1. The largest absolute Gasteiger partial charge is 0.483 e. The summed E-state index contributed by atoms with van der Waals surface area (Å²) in [4.78, 5) is 12.6. The van der Waals surface area contributed by atoms with Crippen molar-refractivity contribution < 1.29 is 17.9 Å². The zero-order valence-corrected chi connectivity index (χ0v) is 18.3. The summed E-state index contributed by atoms with van der Waals surface area (Å²) < 4.78 is 48.5. The minimum Gasteiger partial charge on any atom is -0.483 e. The molecule has 0 saturated carbocycles. The highest BCUT2D eigenvalue weighted by molar-refractivity contribution is 5.91. The maximum Gasteiger partial charge on any atom is 0.437 e. The highest BCUT2D eigenvalue weighted by atomic mass is 19.4. The highest BCUT2D eigenvalue weighted by Gasteiger charge is 2.38. The van der Waals surface area contributed by atoms with Crippen molar-refractivity contribution in [2.45, 2.75) is 19.3 Å². The van der Waals surface area contributed by atoms with Crippen LogP contribution < -0.4 is 10.5 Å². The number of nitrogens with two attached hydrogens (primary N) is 1. The van der Waals surface area contributed by atoms with Gasteiger partial charge in [0, 0.05) is 24.8 Å². The van der Waals surface area contributed by atoms with E-state index < -0.39 is 11.9 Å². The number of aryl methyl sites for hydroxylation is 1. The number of halogens is 3. The maximum atomic E-state index is 13.4. The van der Waals surface area contributed by atoms with Crippen molar-refractivity contribution in [2.24, 2.45) is 7.05 Å². The van der Waals surface area contributed by atoms with E-state index in [0.717, 1.165) is 10.2 Å². The van der Waals surface area contributed by atoms with E-state index >= 15 is 0 Å². The lowest BCUT2D eigenvalue weighted by molar-refractivity contribution is -0.141. The number of ether oxygens (including phenoxy) is 1. The smallest absolute Gasteiger partial charge is 0.437 e. The van der Waals surface area contributed by atoms with E-state index in [-0.39, 0.29) is 30.5 Å². The Morgan fingerprint density at radius 2 is 1.86 bits per heavy atom. The molecule has 178 valence electrons. The van der Waals surface area contributed by atoms with Gasteiger partial charge in [-0.25, -0.2) is 14.6 Å². The predicted octanol–water partition coefficient (Wildman–Crippen LogP) is 3.25. The molecule has 0 unspecified atom stereocenters. The molecule has 5 aromatic rings. The normalized spacial score (nSPS) is 11.8. The van der Waals surface area contributed by atoms with Crippen LogP contribution in [-0.2, 0) is 26.4 Å². The Hall–Kier alpha value is -4.55. The van der Waals surface area contributed by atoms with Crippen molar-refractivity contribution >= 4 is 16.7 Å². The highest BCUT2D eigenvalue weighted by Crippen LogP contribution is 2.32. The van der Waals surface area contributed by atoms with Gasteiger partial charge in [-0.05, 0) is 23.8 Å². The first-order valence-corrected chi connectivity index (χ1v) is 10.4. The molecule has 35 heavy (non-hydrogen) atoms. The molecule has 0 bridgehead atoms. The molecule has 4 heterocycles. The summed E-state index contributed by atoms with van der Waals surface area (Å²) in [6.45, 7) is 0.0503. The maximum absolute atomic E-state index is 13.4. The second kappa shape index (κ2) is 8.66. The van der Waals surface area contributed by atoms with E-state index in [2.05, 4.69) is 30.4 Å². The minimum absolute atomic E-state index is 0.109. The zero-order valence-electron chi connectivity index (χ0n) is 18.3. The molecule has 0 saturated heterocycles. The molecular weight excluding hydrogens is 463 g/mol. The van der Waals surface area contributed by atoms with Crippen molar-refractivity contribution in [2.75, 3.05) is 5.73 Å². The zero-order chi connectivity index (χ0) is 24.6. The Balaban J connectivity index is 1.48. The third kappa shape index (κ3) is 4.35. The molecule has 0 aliphatic heterocycles. The molecule has 0 aliphatic rings. The van der Waals surface area contributed by atoms with E-state index in [1.807, 2.05) is 12.1 Å². The lowest BCUT2D eigenvalue weighted by atomic mass is 10.2. The quantitative estimate of drug-likeness (QED) is 0.392. The number of aromatic nitrogens is 8. The van der Waals surface area contributed by atoms with E-state index in [1.54, 1.807) is 36.7 Å². The number of fused-ring (bicyclic) bond motifs is 1. The summed E-state index contributed by atoms with van der Waals surface area (Å²) in [6.07, 6.45) is 0.114. The summed E-state index contributed by atoms with van der Waals surface area (Å²) in [5.74, 6) is 0.621. The van der Waals surface area contributed by atoms with Crippen LogP contribution in [0.5, 0.6) is 5.75 Å². The van der Waals surface area contributed by atoms with Gasteiger partial charge in [-0.15, -0.1) is 5.10 Å². The molecule has 0 atom stereocenters. The number of rotatable bonds is 6. The third-order valence-corrected chi connectivity index (χ3v) is 5.31. The van der Waals surface area contributed by atoms with Crippen LogP contribution in [0.3, 0.4) is 0 Å². The standard InChI is InChI=1S/C22H18F3N9O/c1-33-16(19(30-32-33)22(23,24)25)11-34-15-5-3-2-4-14(15)18(31-34)21-28-10-17(20(26)29-21)35-12-13-6-8-27-9-7-13/h2-10H,11-12H2,1H3,(H2,26,28,29). The molecule has 2 N–H and O–H groups in total. The van der Waals surface area contributed by atoms with Gasteiger partial charge in [0.2, 0.25) is 0 Å². The molecular formula is C22H18F3N9O. The number of anilines is 1. The Labute approximate surface area is 196 Å². The van der Waals surface area contributed by atoms with Gasteiger partial charge < -0.3 is 10.5 Å². The van der Waals surface area contributed by atoms with Crippen molar-refractivity contribution in [3.63, 3.8) is 0 Å². The molecule has 0 aliphatic carbocycles. The molecule has 0 radical (unpaired) electrons. The molecule has 1 aromatic carbocycles. The van der Waals surface area contributed by atoms with E-state index in [0.29, 0.717) is 22.3 Å². The fraction of sp³-hybridized carbons (Fsp3) is 0.182. The Bertz CT molecular complexity index is 1500. The molecule has 0 amide bonds. The van der Waals surface area contributed by atoms with Crippen LogP contribution in [0, 0.1) is 0 Å². The van der Waals surface area contributed by atoms with Gasteiger partial charge in [0.05, 0.1) is 24.0 Å². The van der Waals surface area contributed by atoms with Gasteiger partial charge in [0.25, 0.3) is 0 Å². The average Bonchev–Trinajstić information content (AvgIpc) is 3.40. The SMILES string of the molecule is Cn1nnc(C(F)(F)F)c1Cn1nc(-c2ncc(OCc3ccncc3)c(N)n2)c2ccccc21. The molecule has 13 heteroatoms. The van der Waals surface area contributed by atoms with Gasteiger partial charge in [0.15, 0.2) is 23.1 Å². The van der Waals surface area contributed by atoms with Crippen LogP contribution in [0.2, 0.25) is 0 Å². The fourth-order valence-corrected chi connectivity index (χ4v) is 3.58. The average molecular weight is 481 g/mol. The Morgan fingerprint density at radius 1 is 1.09 bits per heavy atom. The molecule has 4 aromatic heterocycles. The summed E-state index contributed by atoms with van der Waals surface area (Å²) in [5.41, 5.74) is 6.78. The van der Waals surface area contributed by atoms with Crippen LogP contribution in [0.1, 0.15) is 17.0 Å². The number of nitrogens with zero attached hydrogens (tertiary/aromatic N) is 8. The third-order valence-electron chi connectivity index (χ3n) is 5.31. The Kier molecular flexibility index (Phi) is 5.51. The molecule has 5 rings (SSSR count). The topological polar surface area (TPSA) is 122 Å².